The fraction of sp³-hybridized carbons (Fsp3) is 0.692. The first-order valence-electron chi connectivity index (χ1n) is 12.7. The van der Waals surface area contributed by atoms with Crippen molar-refractivity contribution in [3.05, 3.63) is 33.8 Å². The number of carbonyl (C=O) groups is 2. The molecule has 208 valence electrons. The van der Waals surface area contributed by atoms with Gasteiger partial charge in [-0.3, -0.25) is 9.69 Å². The molecule has 0 heterocycles. The van der Waals surface area contributed by atoms with Gasteiger partial charge in [-0.15, -0.1) is 0 Å². The molecule has 1 aromatic carbocycles. The van der Waals surface area contributed by atoms with Gasteiger partial charge >= 0.3 is 20.1 Å². The van der Waals surface area contributed by atoms with E-state index in [9.17, 15) is 24.2 Å². The maximum Gasteiger partial charge on any atom is 0.505 e. The van der Waals surface area contributed by atoms with Gasteiger partial charge < -0.3 is 14.6 Å². The number of nitrogens with zero attached hydrogens (tertiary/aromatic N) is 1. The van der Waals surface area contributed by atoms with E-state index in [1.807, 2.05) is 0 Å². The molecule has 0 saturated heterocycles. The minimum absolute atomic E-state index is 0.194. The van der Waals surface area contributed by atoms with Crippen molar-refractivity contribution in [1.82, 2.24) is 4.90 Å². The highest BCUT2D eigenvalue weighted by Gasteiger charge is 2.34. The molecule has 0 aromatic heterocycles. The molecular formula is C26H39Cl2NO7P+. The van der Waals surface area contributed by atoms with E-state index < -0.39 is 44.1 Å². The summed E-state index contributed by atoms with van der Waals surface area (Å²) in [4.78, 5) is 36.0. The molecule has 6 atom stereocenters. The van der Waals surface area contributed by atoms with Gasteiger partial charge in [0, 0.05) is 12.8 Å². The summed E-state index contributed by atoms with van der Waals surface area (Å²) in [7, 11) is -2.17. The standard InChI is InChI=1S/C26H38Cl2NO7P/c1-16(20-10-11-21(27)22(28)14-20)29(25(32)36-17(2)35-24(31)26(3,4)5)23(30)12-9-18-7-6-8-19(13-18)15-37(33)34/h10-11,14,16-19,23,30H,6-9,12-13,15H2,1-5H3/p+1/t16-,17?,18?,19?,23?/m1/s1. The largest absolute Gasteiger partial charge is 0.505 e. The Morgan fingerprint density at radius 3 is 2.38 bits per heavy atom. The topological polar surface area (TPSA) is 113 Å². The second kappa shape index (κ2) is 14.1. The Balaban J connectivity index is 2.15. The molecule has 1 saturated carbocycles. The summed E-state index contributed by atoms with van der Waals surface area (Å²) >= 11 is 12.2. The second-order valence-electron chi connectivity index (χ2n) is 10.9. The lowest BCUT2D eigenvalue weighted by Crippen LogP contribution is -2.44. The van der Waals surface area contributed by atoms with Gasteiger partial charge in [-0.25, -0.2) is 4.79 Å². The monoisotopic (exact) mass is 578 g/mol. The molecule has 2 rings (SSSR count). The van der Waals surface area contributed by atoms with Crippen molar-refractivity contribution in [1.29, 1.82) is 0 Å². The predicted molar refractivity (Wildman–Crippen MR) is 144 cm³/mol. The molecular weight excluding hydrogens is 540 g/mol. The van der Waals surface area contributed by atoms with Gasteiger partial charge in [-0.05, 0) is 81.6 Å². The van der Waals surface area contributed by atoms with Crippen LogP contribution in [0.4, 0.5) is 4.79 Å². The number of aliphatic hydroxyl groups is 1. The minimum Gasteiger partial charge on any atom is -0.425 e. The summed E-state index contributed by atoms with van der Waals surface area (Å²) in [5.74, 6) is -0.0406. The Kier molecular flexibility index (Phi) is 12.1. The Bertz CT molecular complexity index is 955. The lowest BCUT2D eigenvalue weighted by atomic mass is 9.80. The van der Waals surface area contributed by atoms with Crippen molar-refractivity contribution < 1.29 is 33.6 Å². The van der Waals surface area contributed by atoms with E-state index >= 15 is 0 Å². The summed E-state index contributed by atoms with van der Waals surface area (Å²) in [6, 6.07) is 4.34. The van der Waals surface area contributed by atoms with Crippen molar-refractivity contribution in [2.75, 3.05) is 6.16 Å². The second-order valence-corrected chi connectivity index (χ2v) is 12.7. The Morgan fingerprint density at radius 1 is 1.14 bits per heavy atom. The summed E-state index contributed by atoms with van der Waals surface area (Å²) in [6.45, 7) is 8.27. The number of halogens is 2. The van der Waals surface area contributed by atoms with Crippen LogP contribution in [-0.2, 0) is 18.8 Å². The van der Waals surface area contributed by atoms with E-state index in [-0.39, 0.29) is 11.8 Å². The normalized spacial score (nSPS) is 20.9. The van der Waals surface area contributed by atoms with Crippen LogP contribution in [0.25, 0.3) is 0 Å². The number of hydrogen-bond acceptors (Lipinski definition) is 6. The van der Waals surface area contributed by atoms with Gasteiger partial charge in [0.1, 0.15) is 6.23 Å². The summed E-state index contributed by atoms with van der Waals surface area (Å²) in [5, 5.41) is 11.9. The molecule has 8 nitrogen and oxygen atoms in total. The van der Waals surface area contributed by atoms with Crippen LogP contribution in [0.5, 0.6) is 0 Å². The van der Waals surface area contributed by atoms with E-state index in [2.05, 4.69) is 0 Å². The fourth-order valence-corrected chi connectivity index (χ4v) is 5.68. The molecule has 1 amide bonds. The molecule has 1 fully saturated rings. The first-order valence-corrected chi connectivity index (χ1v) is 14.8. The highest BCUT2D eigenvalue weighted by atomic mass is 35.5. The molecule has 1 aliphatic carbocycles. The highest BCUT2D eigenvalue weighted by Crippen LogP contribution is 2.37. The quantitative estimate of drug-likeness (QED) is 0.173. The van der Waals surface area contributed by atoms with Crippen LogP contribution in [0, 0.1) is 17.3 Å². The Morgan fingerprint density at radius 2 is 1.78 bits per heavy atom. The van der Waals surface area contributed by atoms with Crippen LogP contribution in [0.1, 0.15) is 84.7 Å². The van der Waals surface area contributed by atoms with E-state index in [4.69, 9.17) is 32.7 Å². The van der Waals surface area contributed by atoms with E-state index in [1.54, 1.807) is 45.9 Å². The lowest BCUT2D eigenvalue weighted by molar-refractivity contribution is -0.177. The third kappa shape index (κ3) is 9.99. The third-order valence-electron chi connectivity index (χ3n) is 6.67. The van der Waals surface area contributed by atoms with Crippen molar-refractivity contribution >= 4 is 43.3 Å². The maximum atomic E-state index is 13.3. The zero-order valence-electron chi connectivity index (χ0n) is 22.2. The van der Waals surface area contributed by atoms with Gasteiger partial charge in [-0.1, -0.05) is 42.1 Å². The first kappa shape index (κ1) is 31.8. The van der Waals surface area contributed by atoms with Crippen LogP contribution in [0.3, 0.4) is 0 Å². The van der Waals surface area contributed by atoms with Gasteiger partial charge in [0.15, 0.2) is 6.16 Å². The Hall–Kier alpha value is -1.44. The zero-order chi connectivity index (χ0) is 27.9. The van der Waals surface area contributed by atoms with Crippen LogP contribution >= 0.6 is 31.2 Å². The van der Waals surface area contributed by atoms with E-state index in [1.165, 1.54) is 11.8 Å². The number of carbonyl (C=O) groups excluding carboxylic acids is 2. The Labute approximate surface area is 230 Å². The molecule has 1 aliphatic rings. The average Bonchev–Trinajstić information content (AvgIpc) is 2.78. The molecule has 1 aromatic rings. The average molecular weight is 579 g/mol. The molecule has 0 aliphatic heterocycles. The molecule has 37 heavy (non-hydrogen) atoms. The minimum atomic E-state index is -2.17. The van der Waals surface area contributed by atoms with Crippen molar-refractivity contribution in [3.63, 3.8) is 0 Å². The number of amides is 1. The zero-order valence-corrected chi connectivity index (χ0v) is 24.6. The predicted octanol–water partition coefficient (Wildman–Crippen LogP) is 7.07. The van der Waals surface area contributed by atoms with Gasteiger partial charge in [-0.2, -0.15) is 4.89 Å². The number of benzene rings is 1. The smallest absolute Gasteiger partial charge is 0.425 e. The van der Waals surface area contributed by atoms with Gasteiger partial charge in [0.25, 0.3) is 0 Å². The van der Waals surface area contributed by atoms with Gasteiger partial charge in [0.05, 0.1) is 21.5 Å². The maximum absolute atomic E-state index is 13.3. The summed E-state index contributed by atoms with van der Waals surface area (Å²) < 4.78 is 21.9. The van der Waals surface area contributed by atoms with Crippen molar-refractivity contribution in [3.8, 4) is 0 Å². The summed E-state index contributed by atoms with van der Waals surface area (Å²) in [5.41, 5.74) is -0.122. The van der Waals surface area contributed by atoms with Crippen LogP contribution in [-0.4, -0.2) is 45.6 Å². The van der Waals surface area contributed by atoms with E-state index in [0.717, 1.165) is 25.7 Å². The molecule has 5 unspecified atom stereocenters. The van der Waals surface area contributed by atoms with Gasteiger partial charge in [0.2, 0.25) is 6.29 Å². The molecule has 11 heteroatoms. The van der Waals surface area contributed by atoms with Crippen LogP contribution < -0.4 is 0 Å². The van der Waals surface area contributed by atoms with Crippen molar-refractivity contribution in [2.45, 2.75) is 91.7 Å². The number of rotatable bonds is 10. The number of esters is 1. The number of aliphatic hydroxyl groups excluding tert-OH is 1. The molecule has 0 radical (unpaired) electrons. The number of ether oxygens (including phenoxy) is 2. The van der Waals surface area contributed by atoms with Crippen LogP contribution in [0.15, 0.2) is 18.2 Å². The first-order chi connectivity index (χ1) is 17.2. The molecule has 0 spiro atoms. The lowest BCUT2D eigenvalue weighted by Gasteiger charge is -2.35. The summed E-state index contributed by atoms with van der Waals surface area (Å²) in [6.07, 6.45) is 1.75. The third-order valence-corrected chi connectivity index (χ3v) is 8.23. The van der Waals surface area contributed by atoms with E-state index in [0.29, 0.717) is 34.6 Å². The highest BCUT2D eigenvalue weighted by molar-refractivity contribution is 7.38. The fourth-order valence-electron chi connectivity index (χ4n) is 4.60. The van der Waals surface area contributed by atoms with Crippen molar-refractivity contribution in [2.24, 2.45) is 17.3 Å². The van der Waals surface area contributed by atoms with Crippen LogP contribution in [0.2, 0.25) is 10.0 Å². The SMILES string of the molecule is CC(OC(=O)N(C(O)CCC1CCCC(C[P+](=O)O)C1)[C@H](C)c1ccc(Cl)c(Cl)c1)OC(=O)C(C)(C)C. The molecule has 2 N–H and O–H groups in total. The molecule has 0 bridgehead atoms. The number of hydrogen-bond donors (Lipinski definition) is 2.